The molecule has 2 heteroatoms. The Hall–Kier alpha value is -1.57. The predicted molar refractivity (Wildman–Crippen MR) is 52.8 cm³/mol. The molecule has 0 aliphatic heterocycles. The molecule has 13 heavy (non-hydrogen) atoms. The smallest absolute Gasteiger partial charge is 0.335 e. The lowest BCUT2D eigenvalue weighted by Crippen LogP contribution is -1.96. The topological polar surface area (TPSA) is 37.3 Å². The van der Waals surface area contributed by atoms with Gasteiger partial charge in [0.1, 0.15) is 0 Å². The molecule has 0 aliphatic rings. The van der Waals surface area contributed by atoms with Crippen molar-refractivity contribution in [3.05, 3.63) is 41.0 Å². The number of rotatable bonds is 2. The molecule has 0 saturated carbocycles. The second-order valence-electron chi connectivity index (χ2n) is 2.88. The van der Waals surface area contributed by atoms with Crippen LogP contribution in [-0.2, 0) is 0 Å². The minimum atomic E-state index is -0.880. The Morgan fingerprint density at radius 1 is 1.46 bits per heavy atom. The lowest BCUT2D eigenvalue weighted by atomic mass is 10.0. The van der Waals surface area contributed by atoms with E-state index in [2.05, 4.69) is 0 Å². The number of carbonyl (C=O) groups is 1. The summed E-state index contributed by atoms with van der Waals surface area (Å²) in [7, 11) is 0. The van der Waals surface area contributed by atoms with Crippen LogP contribution in [0.4, 0.5) is 0 Å². The van der Waals surface area contributed by atoms with E-state index in [1.54, 1.807) is 12.1 Å². The molecule has 0 unspecified atom stereocenters. The summed E-state index contributed by atoms with van der Waals surface area (Å²) < 4.78 is 0. The van der Waals surface area contributed by atoms with Gasteiger partial charge in [-0.05, 0) is 37.1 Å². The van der Waals surface area contributed by atoms with Gasteiger partial charge >= 0.3 is 5.97 Å². The summed E-state index contributed by atoms with van der Waals surface area (Å²) in [6.07, 6.45) is 3.89. The van der Waals surface area contributed by atoms with Crippen LogP contribution in [0.5, 0.6) is 0 Å². The molecule has 0 atom stereocenters. The maximum absolute atomic E-state index is 10.6. The van der Waals surface area contributed by atoms with Crippen LogP contribution in [0.3, 0.4) is 0 Å². The van der Waals surface area contributed by atoms with Crippen molar-refractivity contribution in [3.63, 3.8) is 0 Å². The van der Waals surface area contributed by atoms with Crippen molar-refractivity contribution in [2.45, 2.75) is 13.8 Å². The first-order chi connectivity index (χ1) is 6.15. The van der Waals surface area contributed by atoms with Gasteiger partial charge < -0.3 is 5.11 Å². The van der Waals surface area contributed by atoms with Gasteiger partial charge in [0, 0.05) is 0 Å². The second kappa shape index (κ2) is 3.90. The monoisotopic (exact) mass is 176 g/mol. The first kappa shape index (κ1) is 9.52. The number of carboxylic acids is 1. The Balaban J connectivity index is 3.12. The molecule has 1 rings (SSSR count). The van der Waals surface area contributed by atoms with Crippen molar-refractivity contribution in [2.24, 2.45) is 0 Å². The van der Waals surface area contributed by atoms with Crippen LogP contribution in [0.1, 0.15) is 28.4 Å². The summed E-state index contributed by atoms with van der Waals surface area (Å²) >= 11 is 0. The molecule has 1 aromatic carbocycles. The van der Waals surface area contributed by atoms with Crippen LogP contribution < -0.4 is 0 Å². The van der Waals surface area contributed by atoms with Crippen molar-refractivity contribution in [2.75, 3.05) is 0 Å². The summed E-state index contributed by atoms with van der Waals surface area (Å²) in [5.41, 5.74) is 2.39. The standard InChI is InChI=1S/C11H12O2/c1-3-4-9-5-6-10(11(12)13)7-8(9)2/h3-7H,1-2H3,(H,12,13)/b4-3-. The Kier molecular flexibility index (Phi) is 2.85. The van der Waals surface area contributed by atoms with E-state index in [1.807, 2.05) is 32.1 Å². The summed E-state index contributed by atoms with van der Waals surface area (Å²) in [6, 6.07) is 5.11. The van der Waals surface area contributed by atoms with E-state index in [1.165, 1.54) is 0 Å². The van der Waals surface area contributed by atoms with E-state index in [0.29, 0.717) is 5.56 Å². The molecule has 0 bridgehead atoms. The molecular weight excluding hydrogens is 164 g/mol. The molecule has 0 amide bonds. The zero-order valence-corrected chi connectivity index (χ0v) is 7.74. The van der Waals surface area contributed by atoms with Gasteiger partial charge in [-0.15, -0.1) is 0 Å². The van der Waals surface area contributed by atoms with Gasteiger partial charge in [0.05, 0.1) is 5.56 Å². The Bertz CT molecular complexity index is 351. The molecule has 2 nitrogen and oxygen atoms in total. The highest BCUT2D eigenvalue weighted by Gasteiger charge is 2.03. The molecule has 1 N–H and O–H groups in total. The quantitative estimate of drug-likeness (QED) is 0.752. The van der Waals surface area contributed by atoms with E-state index in [-0.39, 0.29) is 0 Å². The maximum atomic E-state index is 10.6. The first-order valence-electron chi connectivity index (χ1n) is 4.12. The minimum absolute atomic E-state index is 0.339. The third-order valence-electron chi connectivity index (χ3n) is 1.86. The third-order valence-corrected chi connectivity index (χ3v) is 1.86. The van der Waals surface area contributed by atoms with Crippen LogP contribution >= 0.6 is 0 Å². The summed E-state index contributed by atoms with van der Waals surface area (Å²) in [5.74, 6) is -0.880. The van der Waals surface area contributed by atoms with E-state index in [0.717, 1.165) is 11.1 Å². The molecule has 0 aliphatic carbocycles. The summed E-state index contributed by atoms with van der Waals surface area (Å²) in [4.78, 5) is 10.6. The molecule has 0 radical (unpaired) electrons. The van der Waals surface area contributed by atoms with Gasteiger partial charge in [0.15, 0.2) is 0 Å². The second-order valence-corrected chi connectivity index (χ2v) is 2.88. The van der Waals surface area contributed by atoms with Gasteiger partial charge in [0.2, 0.25) is 0 Å². The molecule has 0 fully saturated rings. The van der Waals surface area contributed by atoms with E-state index in [9.17, 15) is 4.79 Å². The number of hydrogen-bond acceptors (Lipinski definition) is 1. The lowest BCUT2D eigenvalue weighted by Gasteiger charge is -2.01. The van der Waals surface area contributed by atoms with Gasteiger partial charge in [0.25, 0.3) is 0 Å². The fourth-order valence-electron chi connectivity index (χ4n) is 1.18. The molecule has 68 valence electrons. The summed E-state index contributed by atoms with van der Waals surface area (Å²) in [6.45, 7) is 3.84. The third kappa shape index (κ3) is 2.18. The number of aryl methyl sites for hydroxylation is 1. The molecule has 0 aromatic heterocycles. The minimum Gasteiger partial charge on any atom is -0.478 e. The van der Waals surface area contributed by atoms with Crippen LogP contribution in [-0.4, -0.2) is 11.1 Å². The van der Waals surface area contributed by atoms with Gasteiger partial charge in [-0.2, -0.15) is 0 Å². The van der Waals surface area contributed by atoms with Gasteiger partial charge in [-0.1, -0.05) is 18.2 Å². The number of carboxylic acid groups (broad SMARTS) is 1. The van der Waals surface area contributed by atoms with E-state index >= 15 is 0 Å². The van der Waals surface area contributed by atoms with Crippen molar-refractivity contribution in [1.82, 2.24) is 0 Å². The number of aromatic carboxylic acids is 1. The predicted octanol–water partition coefficient (Wildman–Crippen LogP) is 2.73. The Morgan fingerprint density at radius 3 is 2.62 bits per heavy atom. The number of benzene rings is 1. The highest BCUT2D eigenvalue weighted by molar-refractivity contribution is 5.88. The normalized spacial score (nSPS) is 10.6. The van der Waals surface area contributed by atoms with Crippen molar-refractivity contribution < 1.29 is 9.90 Å². The van der Waals surface area contributed by atoms with Gasteiger partial charge in [-0.25, -0.2) is 4.79 Å². The van der Waals surface area contributed by atoms with Crippen molar-refractivity contribution in [1.29, 1.82) is 0 Å². The Labute approximate surface area is 77.5 Å². The lowest BCUT2D eigenvalue weighted by molar-refractivity contribution is 0.0697. The fourth-order valence-corrected chi connectivity index (χ4v) is 1.18. The fraction of sp³-hybridized carbons (Fsp3) is 0.182. The first-order valence-corrected chi connectivity index (χ1v) is 4.12. The summed E-state index contributed by atoms with van der Waals surface area (Å²) in [5, 5.41) is 8.71. The van der Waals surface area contributed by atoms with E-state index < -0.39 is 5.97 Å². The molecule has 1 aromatic rings. The zero-order chi connectivity index (χ0) is 9.84. The average Bonchev–Trinajstić information content (AvgIpc) is 2.08. The molecular formula is C11H12O2. The van der Waals surface area contributed by atoms with Gasteiger partial charge in [-0.3, -0.25) is 0 Å². The zero-order valence-electron chi connectivity index (χ0n) is 7.74. The largest absolute Gasteiger partial charge is 0.478 e. The molecule has 0 spiro atoms. The van der Waals surface area contributed by atoms with Crippen LogP contribution in [0, 0.1) is 6.92 Å². The highest BCUT2D eigenvalue weighted by Crippen LogP contribution is 2.12. The van der Waals surface area contributed by atoms with Crippen LogP contribution in [0.2, 0.25) is 0 Å². The Morgan fingerprint density at radius 2 is 2.15 bits per heavy atom. The number of allylic oxidation sites excluding steroid dienone is 1. The van der Waals surface area contributed by atoms with Crippen molar-refractivity contribution >= 4 is 12.0 Å². The maximum Gasteiger partial charge on any atom is 0.335 e. The number of hydrogen-bond donors (Lipinski definition) is 1. The molecule has 0 saturated heterocycles. The highest BCUT2D eigenvalue weighted by atomic mass is 16.4. The van der Waals surface area contributed by atoms with Crippen LogP contribution in [0.25, 0.3) is 6.08 Å². The average molecular weight is 176 g/mol. The van der Waals surface area contributed by atoms with Crippen LogP contribution in [0.15, 0.2) is 24.3 Å². The van der Waals surface area contributed by atoms with Crippen molar-refractivity contribution in [3.8, 4) is 0 Å². The van der Waals surface area contributed by atoms with E-state index in [4.69, 9.17) is 5.11 Å². The SMILES string of the molecule is C/C=C\c1ccc(C(=O)O)cc1C. The molecule has 0 heterocycles.